The molecule has 3 nitrogen and oxygen atoms in total. The van der Waals surface area contributed by atoms with Crippen molar-refractivity contribution >= 4 is 5.78 Å². The molecule has 3 rings (SSSR count). The number of nitrogens with two attached hydrogens (primary N) is 1. The third kappa shape index (κ3) is 2.88. The van der Waals surface area contributed by atoms with Crippen molar-refractivity contribution in [3.63, 3.8) is 0 Å². The quantitative estimate of drug-likeness (QED) is 0.755. The van der Waals surface area contributed by atoms with Crippen molar-refractivity contribution in [1.29, 1.82) is 0 Å². The maximum atomic E-state index is 13.0. The Morgan fingerprint density at radius 3 is 2.86 bits per heavy atom. The molecule has 1 aliphatic carbocycles. The summed E-state index contributed by atoms with van der Waals surface area (Å²) < 4.78 is 0. The Morgan fingerprint density at radius 1 is 1.23 bits per heavy atom. The van der Waals surface area contributed by atoms with E-state index in [0.717, 1.165) is 37.8 Å². The molecule has 22 heavy (non-hydrogen) atoms. The summed E-state index contributed by atoms with van der Waals surface area (Å²) in [6.45, 7) is 3.87. The van der Waals surface area contributed by atoms with Gasteiger partial charge in [-0.25, -0.2) is 0 Å². The second-order valence-electron chi connectivity index (χ2n) is 7.16. The van der Waals surface area contributed by atoms with Crippen molar-refractivity contribution in [3.05, 3.63) is 23.4 Å². The number of rotatable bonds is 1. The molecule has 0 aromatic rings. The van der Waals surface area contributed by atoms with Crippen molar-refractivity contribution in [1.82, 2.24) is 4.90 Å². The molecule has 2 heterocycles. The minimum Gasteiger partial charge on any atom is -0.364 e. The predicted molar refractivity (Wildman–Crippen MR) is 90.3 cm³/mol. The van der Waals surface area contributed by atoms with E-state index >= 15 is 0 Å². The lowest BCUT2D eigenvalue weighted by Gasteiger charge is -2.24. The van der Waals surface area contributed by atoms with Gasteiger partial charge in [-0.15, -0.1) is 0 Å². The molecule has 1 saturated heterocycles. The number of nitrogens with zero attached hydrogens (tertiary/aromatic N) is 1. The van der Waals surface area contributed by atoms with Gasteiger partial charge in [-0.05, 0) is 51.0 Å². The Kier molecular flexibility index (Phi) is 5.02. The van der Waals surface area contributed by atoms with E-state index in [1.807, 2.05) is 0 Å². The van der Waals surface area contributed by atoms with Crippen LogP contribution in [-0.4, -0.2) is 29.8 Å². The van der Waals surface area contributed by atoms with Gasteiger partial charge in [-0.2, -0.15) is 0 Å². The van der Waals surface area contributed by atoms with E-state index < -0.39 is 0 Å². The zero-order chi connectivity index (χ0) is 15.5. The van der Waals surface area contributed by atoms with Crippen LogP contribution in [-0.2, 0) is 4.79 Å². The van der Waals surface area contributed by atoms with Crippen LogP contribution in [0.25, 0.3) is 0 Å². The van der Waals surface area contributed by atoms with E-state index in [0.29, 0.717) is 18.2 Å². The highest BCUT2D eigenvalue weighted by atomic mass is 16.1. The van der Waals surface area contributed by atoms with Crippen molar-refractivity contribution in [2.45, 2.75) is 64.3 Å². The first-order valence-electron chi connectivity index (χ1n) is 9.14. The first-order valence-corrected chi connectivity index (χ1v) is 9.14. The van der Waals surface area contributed by atoms with Crippen LogP contribution in [0.5, 0.6) is 0 Å². The van der Waals surface area contributed by atoms with Crippen molar-refractivity contribution in [3.8, 4) is 0 Å². The second-order valence-corrected chi connectivity index (χ2v) is 7.16. The van der Waals surface area contributed by atoms with Gasteiger partial charge in [0.05, 0.1) is 6.04 Å². The molecule has 0 saturated carbocycles. The highest BCUT2D eigenvalue weighted by Crippen LogP contribution is 2.40. The van der Waals surface area contributed by atoms with Gasteiger partial charge in [0.25, 0.3) is 0 Å². The van der Waals surface area contributed by atoms with Gasteiger partial charge in [0.15, 0.2) is 5.78 Å². The van der Waals surface area contributed by atoms with Crippen LogP contribution >= 0.6 is 0 Å². The molecule has 2 aliphatic heterocycles. The predicted octanol–water partition coefficient (Wildman–Crippen LogP) is 3.41. The summed E-state index contributed by atoms with van der Waals surface area (Å²) in [5.74, 6) is 0.947. The second kappa shape index (κ2) is 6.99. The summed E-state index contributed by atoms with van der Waals surface area (Å²) in [5, 5.41) is 0. The largest absolute Gasteiger partial charge is 0.364 e. The molecule has 0 aromatic heterocycles. The highest BCUT2D eigenvalue weighted by molar-refractivity contribution is 6.03. The van der Waals surface area contributed by atoms with Gasteiger partial charge < -0.3 is 10.6 Å². The molecule has 0 aromatic carbocycles. The molecule has 0 radical (unpaired) electrons. The Morgan fingerprint density at radius 2 is 2.05 bits per heavy atom. The topological polar surface area (TPSA) is 46.3 Å². The number of hydrogen-bond acceptors (Lipinski definition) is 3. The summed E-state index contributed by atoms with van der Waals surface area (Å²) >= 11 is 0. The fraction of sp³-hybridized carbons (Fsp3) is 0.737. The van der Waals surface area contributed by atoms with E-state index in [4.69, 9.17) is 5.73 Å². The Hall–Kier alpha value is -1.09. The van der Waals surface area contributed by atoms with E-state index in [2.05, 4.69) is 24.0 Å². The molecule has 1 fully saturated rings. The zero-order valence-corrected chi connectivity index (χ0v) is 13.9. The Balaban J connectivity index is 1.95. The van der Waals surface area contributed by atoms with E-state index in [-0.39, 0.29) is 12.0 Å². The minimum atomic E-state index is 0.139. The molecule has 0 amide bonds. The molecular formula is C19H30N2O. The highest BCUT2D eigenvalue weighted by Gasteiger charge is 2.44. The number of Topliss-reactive ketones (excluding diaryl/α,β-unsaturated/α-hetero) is 1. The number of fused-ring (bicyclic) bond motifs is 2. The van der Waals surface area contributed by atoms with Crippen LogP contribution in [0.3, 0.4) is 0 Å². The molecule has 3 atom stereocenters. The van der Waals surface area contributed by atoms with E-state index in [1.165, 1.54) is 31.4 Å². The zero-order valence-electron chi connectivity index (χ0n) is 13.9. The summed E-state index contributed by atoms with van der Waals surface area (Å²) in [6, 6.07) is 0.139. The fourth-order valence-electron chi connectivity index (χ4n) is 4.46. The fourth-order valence-corrected chi connectivity index (χ4v) is 4.46. The van der Waals surface area contributed by atoms with Crippen molar-refractivity contribution < 1.29 is 4.79 Å². The van der Waals surface area contributed by atoms with Crippen LogP contribution in [0.15, 0.2) is 23.4 Å². The molecule has 2 N–H and O–H groups in total. The van der Waals surface area contributed by atoms with Gasteiger partial charge in [-0.1, -0.05) is 31.9 Å². The van der Waals surface area contributed by atoms with E-state index in [9.17, 15) is 4.79 Å². The summed E-state index contributed by atoms with van der Waals surface area (Å²) in [7, 11) is 0. The lowest BCUT2D eigenvalue weighted by molar-refractivity contribution is -0.118. The van der Waals surface area contributed by atoms with Gasteiger partial charge in [0.1, 0.15) is 0 Å². The average Bonchev–Trinajstić information content (AvgIpc) is 3.07. The lowest BCUT2D eigenvalue weighted by atomic mass is 9.82. The number of carbonyl (C=O) groups is 1. The molecule has 0 spiro atoms. The van der Waals surface area contributed by atoms with Gasteiger partial charge in [0, 0.05) is 23.7 Å². The molecular weight excluding hydrogens is 272 g/mol. The summed E-state index contributed by atoms with van der Waals surface area (Å²) in [4.78, 5) is 15.4. The van der Waals surface area contributed by atoms with Crippen LogP contribution in [0.4, 0.5) is 0 Å². The molecule has 3 unspecified atom stereocenters. The number of hydrogen-bond donors (Lipinski definition) is 1. The summed E-state index contributed by atoms with van der Waals surface area (Å²) in [6.07, 6.45) is 14.1. The molecule has 3 aliphatic rings. The van der Waals surface area contributed by atoms with Crippen LogP contribution in [0.2, 0.25) is 0 Å². The van der Waals surface area contributed by atoms with Crippen LogP contribution in [0, 0.1) is 11.8 Å². The average molecular weight is 302 g/mol. The first kappa shape index (κ1) is 15.8. The molecule has 0 bridgehead atoms. The van der Waals surface area contributed by atoms with Crippen molar-refractivity contribution in [2.75, 3.05) is 13.1 Å². The van der Waals surface area contributed by atoms with Crippen LogP contribution in [0.1, 0.15) is 58.3 Å². The first-order chi connectivity index (χ1) is 10.7. The van der Waals surface area contributed by atoms with Gasteiger partial charge in [-0.3, -0.25) is 4.79 Å². The SMILES string of the molecule is CC1/C=C\CCCCCCC2=C(C(=O)C3CCCN23)C1CN. The number of ketones is 1. The maximum absolute atomic E-state index is 13.0. The molecule has 3 heteroatoms. The lowest BCUT2D eigenvalue weighted by Crippen LogP contribution is -2.30. The van der Waals surface area contributed by atoms with E-state index in [1.54, 1.807) is 0 Å². The number of carbonyl (C=O) groups excluding carboxylic acids is 1. The Bertz CT molecular complexity index is 480. The third-order valence-electron chi connectivity index (χ3n) is 5.71. The normalized spacial score (nSPS) is 34.9. The monoisotopic (exact) mass is 302 g/mol. The van der Waals surface area contributed by atoms with Gasteiger partial charge in [0.2, 0.25) is 0 Å². The minimum absolute atomic E-state index is 0.139. The standard InChI is InChI=1S/C19H30N2O/c1-14-9-6-4-2-3-5-7-10-16-18(15(14)13-20)19(22)17-11-8-12-21(16)17/h6,9,14-15,17H,2-5,7-8,10-13,20H2,1H3/b9-6-. The van der Waals surface area contributed by atoms with Gasteiger partial charge >= 0.3 is 0 Å². The van der Waals surface area contributed by atoms with Crippen LogP contribution < -0.4 is 5.73 Å². The Labute approximate surface area is 134 Å². The van der Waals surface area contributed by atoms with Crippen molar-refractivity contribution in [2.24, 2.45) is 17.6 Å². The number of allylic oxidation sites excluding steroid dienone is 3. The smallest absolute Gasteiger partial charge is 0.183 e. The summed E-state index contributed by atoms with van der Waals surface area (Å²) in [5.41, 5.74) is 8.54. The molecule has 122 valence electrons. The third-order valence-corrected chi connectivity index (χ3v) is 5.71. The maximum Gasteiger partial charge on any atom is 0.183 e.